The summed E-state index contributed by atoms with van der Waals surface area (Å²) in [4.78, 5) is 13.0. The van der Waals surface area contributed by atoms with Crippen molar-refractivity contribution < 1.29 is 14.3 Å². The van der Waals surface area contributed by atoms with Crippen molar-refractivity contribution in [2.45, 2.75) is 26.4 Å². The summed E-state index contributed by atoms with van der Waals surface area (Å²) in [6.45, 7) is 3.68. The fraction of sp³-hybridized carbons (Fsp3) is 0.500. The third kappa shape index (κ3) is 3.41. The van der Waals surface area contributed by atoms with E-state index in [1.54, 1.807) is 12.1 Å². The van der Waals surface area contributed by atoms with Crippen molar-refractivity contribution in [1.82, 2.24) is 25.5 Å². The molecule has 2 heterocycles. The molecule has 0 aliphatic heterocycles. The van der Waals surface area contributed by atoms with Crippen LogP contribution in [0.2, 0.25) is 0 Å². The Morgan fingerprint density at radius 1 is 1.55 bits per heavy atom. The minimum absolute atomic E-state index is 0.0127. The molecule has 0 aliphatic carbocycles. The van der Waals surface area contributed by atoms with E-state index >= 15 is 0 Å². The molecule has 8 nitrogen and oxygen atoms in total. The lowest BCUT2D eigenvalue weighted by atomic mass is 10.1. The van der Waals surface area contributed by atoms with Gasteiger partial charge in [0, 0.05) is 12.6 Å². The molecule has 0 aliphatic rings. The van der Waals surface area contributed by atoms with Crippen LogP contribution in [0.1, 0.15) is 13.8 Å². The molecule has 2 rings (SSSR count). The average Bonchev–Trinajstić information content (AvgIpc) is 3.07. The molecule has 20 heavy (non-hydrogen) atoms. The molecule has 2 unspecified atom stereocenters. The monoisotopic (exact) mass is 279 g/mol. The average molecular weight is 279 g/mol. The number of tetrazole rings is 1. The maximum atomic E-state index is 11.8. The molecule has 8 heteroatoms. The van der Waals surface area contributed by atoms with Crippen molar-refractivity contribution in [3.63, 3.8) is 0 Å². The van der Waals surface area contributed by atoms with Gasteiger partial charge >= 0.3 is 0 Å². The van der Waals surface area contributed by atoms with E-state index in [2.05, 4.69) is 20.7 Å². The summed E-state index contributed by atoms with van der Waals surface area (Å²) in [5, 5.41) is 23.4. The van der Waals surface area contributed by atoms with Crippen molar-refractivity contribution in [1.29, 1.82) is 0 Å². The molecule has 2 aromatic rings. The number of hydrogen-bond donors (Lipinski definition) is 2. The Bertz CT molecular complexity index is 551. The molecular weight excluding hydrogens is 262 g/mol. The van der Waals surface area contributed by atoms with Gasteiger partial charge in [0.15, 0.2) is 5.76 Å². The van der Waals surface area contributed by atoms with Gasteiger partial charge in [-0.25, -0.2) is 0 Å². The summed E-state index contributed by atoms with van der Waals surface area (Å²) in [5.74, 6) is 0.584. The van der Waals surface area contributed by atoms with E-state index in [9.17, 15) is 4.79 Å². The number of aromatic nitrogens is 4. The molecule has 108 valence electrons. The molecule has 0 aromatic carbocycles. The molecule has 2 aromatic heterocycles. The molecule has 0 saturated carbocycles. The van der Waals surface area contributed by atoms with Gasteiger partial charge in [0.05, 0.1) is 6.26 Å². The van der Waals surface area contributed by atoms with E-state index in [4.69, 9.17) is 9.52 Å². The summed E-state index contributed by atoms with van der Waals surface area (Å²) < 4.78 is 5.14. The van der Waals surface area contributed by atoms with Gasteiger partial charge in [-0.15, -0.1) is 10.2 Å². The predicted molar refractivity (Wildman–Crippen MR) is 69.4 cm³/mol. The largest absolute Gasteiger partial charge is 0.461 e. The van der Waals surface area contributed by atoms with Crippen LogP contribution in [0.3, 0.4) is 0 Å². The maximum absolute atomic E-state index is 11.8. The van der Waals surface area contributed by atoms with E-state index < -0.39 is 0 Å². The van der Waals surface area contributed by atoms with E-state index in [0.717, 1.165) is 0 Å². The number of aliphatic hydroxyl groups excluding tert-OH is 1. The molecule has 0 spiro atoms. The van der Waals surface area contributed by atoms with E-state index in [-0.39, 0.29) is 31.0 Å². The second kappa shape index (κ2) is 6.29. The number of nitrogens with one attached hydrogen (secondary N) is 1. The summed E-state index contributed by atoms with van der Waals surface area (Å²) in [5.41, 5.74) is 0. The van der Waals surface area contributed by atoms with Crippen molar-refractivity contribution >= 4 is 5.91 Å². The Morgan fingerprint density at radius 3 is 3.00 bits per heavy atom. The molecule has 2 atom stereocenters. The number of aliphatic hydroxyl groups is 1. The van der Waals surface area contributed by atoms with Gasteiger partial charge in [-0.2, -0.15) is 4.80 Å². The third-order valence-corrected chi connectivity index (χ3v) is 3.01. The molecule has 0 fully saturated rings. The van der Waals surface area contributed by atoms with Gasteiger partial charge in [-0.3, -0.25) is 4.79 Å². The quantitative estimate of drug-likeness (QED) is 0.775. The summed E-state index contributed by atoms with van der Waals surface area (Å²) in [6.07, 6.45) is 1.51. The number of hydrogen-bond acceptors (Lipinski definition) is 6. The third-order valence-electron chi connectivity index (χ3n) is 3.01. The normalized spacial score (nSPS) is 13.9. The fourth-order valence-corrected chi connectivity index (χ4v) is 1.54. The van der Waals surface area contributed by atoms with Crippen LogP contribution in [0.5, 0.6) is 0 Å². The van der Waals surface area contributed by atoms with Crippen LogP contribution in [-0.4, -0.2) is 43.9 Å². The fourth-order valence-electron chi connectivity index (χ4n) is 1.54. The first kappa shape index (κ1) is 14.2. The summed E-state index contributed by atoms with van der Waals surface area (Å²) in [6, 6.07) is 3.31. The highest BCUT2D eigenvalue weighted by Gasteiger charge is 2.15. The van der Waals surface area contributed by atoms with Gasteiger partial charge in [-0.05, 0) is 30.2 Å². The molecule has 2 N–H and O–H groups in total. The van der Waals surface area contributed by atoms with E-state index in [0.29, 0.717) is 11.6 Å². The summed E-state index contributed by atoms with van der Waals surface area (Å²) >= 11 is 0. The van der Waals surface area contributed by atoms with Crippen LogP contribution in [0.4, 0.5) is 0 Å². The van der Waals surface area contributed by atoms with Crippen LogP contribution >= 0.6 is 0 Å². The maximum Gasteiger partial charge on any atom is 0.243 e. The molecule has 0 bridgehead atoms. The van der Waals surface area contributed by atoms with Gasteiger partial charge in [0.1, 0.15) is 6.54 Å². The SMILES string of the molecule is CC(CO)C(C)NC(=O)Cn1nnc(-c2ccco2)n1. The molecular formula is C12H17N5O3. The lowest BCUT2D eigenvalue weighted by Crippen LogP contribution is -2.40. The number of nitrogens with zero attached hydrogens (tertiary/aromatic N) is 4. The van der Waals surface area contributed by atoms with Crippen molar-refractivity contribution in [3.05, 3.63) is 18.4 Å². The van der Waals surface area contributed by atoms with Crippen molar-refractivity contribution in [3.8, 4) is 11.6 Å². The van der Waals surface area contributed by atoms with E-state index in [1.807, 2.05) is 13.8 Å². The topological polar surface area (TPSA) is 106 Å². The molecule has 1 amide bonds. The van der Waals surface area contributed by atoms with Crippen LogP contribution in [0, 0.1) is 5.92 Å². The first-order valence-electron chi connectivity index (χ1n) is 6.32. The highest BCUT2D eigenvalue weighted by Crippen LogP contribution is 2.12. The molecule has 0 radical (unpaired) electrons. The van der Waals surface area contributed by atoms with E-state index in [1.165, 1.54) is 11.1 Å². The predicted octanol–water partition coefficient (Wildman–Crippen LogP) is 0.0662. The van der Waals surface area contributed by atoms with Crippen LogP contribution in [0.25, 0.3) is 11.6 Å². The zero-order valence-electron chi connectivity index (χ0n) is 11.4. The lowest BCUT2D eigenvalue weighted by molar-refractivity contribution is -0.123. The van der Waals surface area contributed by atoms with Gasteiger partial charge in [0.25, 0.3) is 0 Å². The standard InChI is InChI=1S/C12H17N5O3/c1-8(7-18)9(2)13-11(19)6-17-15-12(14-16-17)10-4-3-5-20-10/h3-5,8-9,18H,6-7H2,1-2H3,(H,13,19). The first-order valence-corrected chi connectivity index (χ1v) is 6.32. The number of carbonyl (C=O) groups excluding carboxylic acids is 1. The number of furan rings is 1. The van der Waals surface area contributed by atoms with Crippen LogP contribution in [0.15, 0.2) is 22.8 Å². The van der Waals surface area contributed by atoms with Gasteiger partial charge in [0.2, 0.25) is 11.7 Å². The number of amides is 1. The van der Waals surface area contributed by atoms with Gasteiger partial charge < -0.3 is 14.8 Å². The van der Waals surface area contributed by atoms with Crippen molar-refractivity contribution in [2.24, 2.45) is 5.92 Å². The smallest absolute Gasteiger partial charge is 0.243 e. The van der Waals surface area contributed by atoms with Gasteiger partial charge in [-0.1, -0.05) is 6.92 Å². The Morgan fingerprint density at radius 2 is 2.35 bits per heavy atom. The Kier molecular flexibility index (Phi) is 4.46. The second-order valence-electron chi connectivity index (χ2n) is 4.64. The summed E-state index contributed by atoms with van der Waals surface area (Å²) in [7, 11) is 0. The zero-order chi connectivity index (χ0) is 14.5. The second-order valence-corrected chi connectivity index (χ2v) is 4.64. The number of rotatable bonds is 6. The first-order chi connectivity index (χ1) is 9.60. The zero-order valence-corrected chi connectivity index (χ0v) is 11.4. The highest BCUT2D eigenvalue weighted by molar-refractivity contribution is 5.75. The van der Waals surface area contributed by atoms with Crippen LogP contribution < -0.4 is 5.32 Å². The lowest BCUT2D eigenvalue weighted by Gasteiger charge is -2.18. The Labute approximate surface area is 115 Å². The van der Waals surface area contributed by atoms with Crippen molar-refractivity contribution in [2.75, 3.05) is 6.61 Å². The Hall–Kier alpha value is -2.22. The minimum Gasteiger partial charge on any atom is -0.461 e. The number of carbonyl (C=O) groups is 1. The molecule has 0 saturated heterocycles. The Balaban J connectivity index is 1.92. The van der Waals surface area contributed by atoms with Crippen LogP contribution in [-0.2, 0) is 11.3 Å². The highest BCUT2D eigenvalue weighted by atomic mass is 16.3. The minimum atomic E-state index is -0.235.